The summed E-state index contributed by atoms with van der Waals surface area (Å²) in [5.74, 6) is 1.18. The van der Waals surface area contributed by atoms with Crippen molar-refractivity contribution in [3.8, 4) is 0 Å². The first kappa shape index (κ1) is 13.4. The van der Waals surface area contributed by atoms with Gasteiger partial charge in [-0.3, -0.25) is 4.79 Å². The van der Waals surface area contributed by atoms with Crippen LogP contribution in [0.5, 0.6) is 0 Å². The molecule has 0 unspecified atom stereocenters. The normalized spacial score (nSPS) is 17.5. The zero-order valence-corrected chi connectivity index (χ0v) is 12.5. The minimum absolute atomic E-state index is 0.0110. The average molecular weight is 292 g/mol. The first-order valence-electron chi connectivity index (χ1n) is 7.97. The quantitative estimate of drug-likeness (QED) is 0.664. The fourth-order valence-corrected chi connectivity index (χ4v) is 3.13. The molecule has 3 nitrogen and oxygen atoms in total. The van der Waals surface area contributed by atoms with Crippen LogP contribution in [0.1, 0.15) is 64.6 Å². The van der Waals surface area contributed by atoms with Crippen LogP contribution in [0, 0.1) is 0 Å². The standard InChI is InChI=1S/C19H20N2O/c20-17-9-13(5-7-15(17)11-1-2-11)19(22)14-6-8-16(12-3-4-12)18(21)10-14/h5-12H,1-4,20-21H2. The largest absolute Gasteiger partial charge is 0.398 e. The molecule has 0 saturated heterocycles. The number of nitrogen functional groups attached to an aromatic ring is 2. The van der Waals surface area contributed by atoms with E-state index in [0.717, 1.165) is 11.4 Å². The predicted molar refractivity (Wildman–Crippen MR) is 89.1 cm³/mol. The maximum Gasteiger partial charge on any atom is 0.193 e. The maximum absolute atomic E-state index is 12.6. The number of benzene rings is 2. The van der Waals surface area contributed by atoms with E-state index in [9.17, 15) is 4.79 Å². The van der Waals surface area contributed by atoms with E-state index in [-0.39, 0.29) is 5.78 Å². The van der Waals surface area contributed by atoms with Crippen molar-refractivity contribution >= 4 is 17.2 Å². The lowest BCUT2D eigenvalue weighted by atomic mass is 9.97. The van der Waals surface area contributed by atoms with Crippen LogP contribution >= 0.6 is 0 Å². The Hall–Kier alpha value is -2.29. The minimum atomic E-state index is -0.0110. The molecular weight excluding hydrogens is 272 g/mol. The third kappa shape index (κ3) is 2.37. The molecule has 0 aliphatic heterocycles. The highest BCUT2D eigenvalue weighted by molar-refractivity contribution is 6.10. The van der Waals surface area contributed by atoms with Gasteiger partial charge in [0.2, 0.25) is 0 Å². The van der Waals surface area contributed by atoms with Crippen molar-refractivity contribution in [2.45, 2.75) is 37.5 Å². The van der Waals surface area contributed by atoms with E-state index >= 15 is 0 Å². The molecule has 22 heavy (non-hydrogen) atoms. The van der Waals surface area contributed by atoms with Gasteiger partial charge in [-0.25, -0.2) is 0 Å². The first-order valence-corrected chi connectivity index (χ1v) is 7.97. The molecule has 2 saturated carbocycles. The Bertz CT molecular complexity index is 695. The SMILES string of the molecule is Nc1cc(C(=O)c2ccc(C3CC3)c(N)c2)ccc1C1CC1. The zero-order chi connectivity index (χ0) is 15.3. The summed E-state index contributed by atoms with van der Waals surface area (Å²) >= 11 is 0. The molecular formula is C19H20N2O. The summed E-state index contributed by atoms with van der Waals surface area (Å²) < 4.78 is 0. The van der Waals surface area contributed by atoms with E-state index in [1.165, 1.54) is 36.8 Å². The van der Waals surface area contributed by atoms with Gasteiger partial charge in [0.25, 0.3) is 0 Å². The monoisotopic (exact) mass is 292 g/mol. The molecule has 0 radical (unpaired) electrons. The van der Waals surface area contributed by atoms with Crippen molar-refractivity contribution in [3.05, 3.63) is 58.7 Å². The van der Waals surface area contributed by atoms with Crippen LogP contribution in [0.15, 0.2) is 36.4 Å². The number of hydrogen-bond donors (Lipinski definition) is 2. The lowest BCUT2D eigenvalue weighted by Gasteiger charge is -2.09. The number of carbonyl (C=O) groups excluding carboxylic acids is 1. The van der Waals surface area contributed by atoms with Crippen molar-refractivity contribution in [1.82, 2.24) is 0 Å². The molecule has 0 bridgehead atoms. The second-order valence-corrected chi connectivity index (χ2v) is 6.57. The van der Waals surface area contributed by atoms with Crippen LogP contribution in [0.4, 0.5) is 11.4 Å². The molecule has 0 spiro atoms. The number of carbonyl (C=O) groups is 1. The summed E-state index contributed by atoms with van der Waals surface area (Å²) in [6.45, 7) is 0. The van der Waals surface area contributed by atoms with Crippen LogP contribution < -0.4 is 11.5 Å². The fraction of sp³-hybridized carbons (Fsp3) is 0.316. The van der Waals surface area contributed by atoms with Crippen molar-refractivity contribution in [2.75, 3.05) is 11.5 Å². The molecule has 2 aliphatic rings. The summed E-state index contributed by atoms with van der Waals surface area (Å²) in [5.41, 5.74) is 17.3. The second kappa shape index (κ2) is 4.87. The molecule has 3 heteroatoms. The molecule has 0 heterocycles. The Kier molecular flexibility index (Phi) is 2.96. The summed E-state index contributed by atoms with van der Waals surface area (Å²) in [6.07, 6.45) is 4.82. The molecule has 2 aromatic rings. The molecule has 2 aromatic carbocycles. The summed E-state index contributed by atoms with van der Waals surface area (Å²) in [7, 11) is 0. The highest BCUT2D eigenvalue weighted by Gasteiger charge is 2.27. The second-order valence-electron chi connectivity index (χ2n) is 6.57. The van der Waals surface area contributed by atoms with Gasteiger partial charge in [0.15, 0.2) is 5.78 Å². The van der Waals surface area contributed by atoms with E-state index in [2.05, 4.69) is 0 Å². The highest BCUT2D eigenvalue weighted by atomic mass is 16.1. The average Bonchev–Trinajstić information content (AvgIpc) is 3.38. The van der Waals surface area contributed by atoms with Gasteiger partial charge in [0.05, 0.1) is 0 Å². The van der Waals surface area contributed by atoms with Crippen molar-refractivity contribution < 1.29 is 4.79 Å². The Morgan fingerprint density at radius 2 is 1.18 bits per heavy atom. The smallest absolute Gasteiger partial charge is 0.193 e. The first-order chi connectivity index (χ1) is 10.6. The van der Waals surface area contributed by atoms with Gasteiger partial charge in [0, 0.05) is 22.5 Å². The van der Waals surface area contributed by atoms with Crippen LogP contribution in [-0.4, -0.2) is 5.78 Å². The predicted octanol–water partition coefficient (Wildman–Crippen LogP) is 3.84. The van der Waals surface area contributed by atoms with Crippen molar-refractivity contribution in [1.29, 1.82) is 0 Å². The summed E-state index contributed by atoms with van der Waals surface area (Å²) in [4.78, 5) is 12.6. The van der Waals surface area contributed by atoms with Gasteiger partial charge < -0.3 is 11.5 Å². The molecule has 2 aliphatic carbocycles. The maximum atomic E-state index is 12.6. The van der Waals surface area contributed by atoms with Crippen LogP contribution in [-0.2, 0) is 0 Å². The zero-order valence-electron chi connectivity index (χ0n) is 12.5. The Morgan fingerprint density at radius 3 is 1.50 bits per heavy atom. The van der Waals surface area contributed by atoms with E-state index < -0.39 is 0 Å². The van der Waals surface area contributed by atoms with Gasteiger partial charge in [-0.05, 0) is 60.8 Å². The number of rotatable bonds is 4. The van der Waals surface area contributed by atoms with E-state index in [1.807, 2.05) is 24.3 Å². The molecule has 2 fully saturated rings. The molecule has 112 valence electrons. The van der Waals surface area contributed by atoms with Gasteiger partial charge in [-0.1, -0.05) is 24.3 Å². The number of ketones is 1. The summed E-state index contributed by atoms with van der Waals surface area (Å²) in [6, 6.07) is 11.4. The van der Waals surface area contributed by atoms with E-state index in [0.29, 0.717) is 23.0 Å². The third-order valence-corrected chi connectivity index (χ3v) is 4.73. The molecule has 4 N–H and O–H groups in total. The fourth-order valence-electron chi connectivity index (χ4n) is 3.13. The summed E-state index contributed by atoms with van der Waals surface area (Å²) in [5, 5.41) is 0. The van der Waals surface area contributed by atoms with Crippen LogP contribution in [0.3, 0.4) is 0 Å². The minimum Gasteiger partial charge on any atom is -0.398 e. The number of nitrogens with two attached hydrogens (primary N) is 2. The molecule has 0 amide bonds. The highest BCUT2D eigenvalue weighted by Crippen LogP contribution is 2.44. The third-order valence-electron chi connectivity index (χ3n) is 4.73. The number of anilines is 2. The Morgan fingerprint density at radius 1 is 0.773 bits per heavy atom. The van der Waals surface area contributed by atoms with Gasteiger partial charge in [-0.15, -0.1) is 0 Å². The van der Waals surface area contributed by atoms with Crippen LogP contribution in [0.2, 0.25) is 0 Å². The Labute approximate surface area is 130 Å². The molecule has 0 atom stereocenters. The van der Waals surface area contributed by atoms with Gasteiger partial charge in [0.1, 0.15) is 0 Å². The lowest BCUT2D eigenvalue weighted by Crippen LogP contribution is -2.05. The van der Waals surface area contributed by atoms with Crippen LogP contribution in [0.25, 0.3) is 0 Å². The Balaban J connectivity index is 1.63. The van der Waals surface area contributed by atoms with Crippen molar-refractivity contribution in [2.24, 2.45) is 0 Å². The molecule has 0 aromatic heterocycles. The van der Waals surface area contributed by atoms with Gasteiger partial charge in [-0.2, -0.15) is 0 Å². The van der Waals surface area contributed by atoms with Gasteiger partial charge >= 0.3 is 0 Å². The number of hydrogen-bond acceptors (Lipinski definition) is 3. The van der Waals surface area contributed by atoms with E-state index in [4.69, 9.17) is 11.5 Å². The lowest BCUT2D eigenvalue weighted by molar-refractivity contribution is 0.103. The molecule has 4 rings (SSSR count). The topological polar surface area (TPSA) is 69.1 Å². The van der Waals surface area contributed by atoms with Crippen molar-refractivity contribution in [3.63, 3.8) is 0 Å². The van der Waals surface area contributed by atoms with E-state index in [1.54, 1.807) is 12.1 Å².